The van der Waals surface area contributed by atoms with Crippen molar-refractivity contribution >= 4 is 15.9 Å². The summed E-state index contributed by atoms with van der Waals surface area (Å²) in [5, 5.41) is 10.3. The maximum atomic E-state index is 13.7. The summed E-state index contributed by atoms with van der Waals surface area (Å²) in [6, 6.07) is 9.81. The molecule has 0 aliphatic rings. The first kappa shape index (κ1) is 14.0. The quantitative estimate of drug-likeness (QED) is 0.925. The predicted octanol–water partition coefficient (Wildman–Crippen LogP) is 3.99. The fraction of sp³-hybridized carbons (Fsp3) is 0.200. The molecule has 0 fully saturated rings. The summed E-state index contributed by atoms with van der Waals surface area (Å²) in [4.78, 5) is 0. The summed E-state index contributed by atoms with van der Waals surface area (Å²) < 4.78 is 19.6. The normalized spacial score (nSPS) is 12.3. The number of ether oxygens (including phenoxy) is 1. The Morgan fingerprint density at radius 3 is 2.58 bits per heavy atom. The molecule has 4 heteroatoms. The van der Waals surface area contributed by atoms with E-state index in [1.165, 1.54) is 6.07 Å². The average molecular weight is 325 g/mol. The Morgan fingerprint density at radius 1 is 1.21 bits per heavy atom. The van der Waals surface area contributed by atoms with Crippen molar-refractivity contribution in [3.05, 3.63) is 63.4 Å². The lowest BCUT2D eigenvalue weighted by atomic mass is 9.99. The molecule has 1 N–H and O–H groups in total. The molecule has 0 amide bonds. The van der Waals surface area contributed by atoms with Crippen LogP contribution in [0.3, 0.4) is 0 Å². The Kier molecular flexibility index (Phi) is 4.22. The van der Waals surface area contributed by atoms with E-state index >= 15 is 0 Å². The Balaban J connectivity index is 2.41. The van der Waals surface area contributed by atoms with Gasteiger partial charge in [-0.15, -0.1) is 0 Å². The lowest BCUT2D eigenvalue weighted by molar-refractivity contribution is 0.214. The largest absolute Gasteiger partial charge is 0.496 e. The number of rotatable bonds is 3. The molecule has 1 atom stereocenters. The molecule has 0 saturated carbocycles. The number of benzene rings is 2. The highest BCUT2D eigenvalue weighted by Crippen LogP contribution is 2.29. The highest BCUT2D eigenvalue weighted by atomic mass is 79.9. The number of aliphatic hydroxyl groups is 1. The van der Waals surface area contributed by atoms with E-state index in [1.54, 1.807) is 37.4 Å². The van der Waals surface area contributed by atoms with Crippen molar-refractivity contribution in [3.63, 3.8) is 0 Å². The molecule has 19 heavy (non-hydrogen) atoms. The maximum absolute atomic E-state index is 13.7. The third-order valence-corrected chi connectivity index (χ3v) is 3.48. The van der Waals surface area contributed by atoms with Gasteiger partial charge in [-0.3, -0.25) is 0 Å². The van der Waals surface area contributed by atoms with Crippen LogP contribution in [0.1, 0.15) is 22.8 Å². The molecule has 0 saturated heterocycles. The van der Waals surface area contributed by atoms with E-state index in [0.717, 1.165) is 15.8 Å². The van der Waals surface area contributed by atoms with Crippen molar-refractivity contribution in [1.29, 1.82) is 0 Å². The smallest absolute Gasteiger partial charge is 0.129 e. The monoisotopic (exact) mass is 324 g/mol. The summed E-state index contributed by atoms with van der Waals surface area (Å²) in [7, 11) is 1.59. The van der Waals surface area contributed by atoms with Gasteiger partial charge in [-0.05, 0) is 48.4 Å². The van der Waals surface area contributed by atoms with Crippen LogP contribution in [0, 0.1) is 12.7 Å². The standard InChI is InChI=1S/C15H14BrFO2/c1-9-7-10(3-6-14(9)19-2)15(18)12-8-11(16)4-5-13(12)17/h3-8,15,18H,1-2H3. The number of methoxy groups -OCH3 is 1. The molecule has 2 aromatic rings. The molecular formula is C15H14BrFO2. The van der Waals surface area contributed by atoms with Crippen LogP contribution in [0.5, 0.6) is 5.75 Å². The van der Waals surface area contributed by atoms with Crippen molar-refractivity contribution in [2.24, 2.45) is 0 Å². The first-order valence-corrected chi connectivity index (χ1v) is 6.59. The highest BCUT2D eigenvalue weighted by molar-refractivity contribution is 9.10. The number of aryl methyl sites for hydroxylation is 1. The van der Waals surface area contributed by atoms with Gasteiger partial charge in [0.25, 0.3) is 0 Å². The third-order valence-electron chi connectivity index (χ3n) is 2.99. The van der Waals surface area contributed by atoms with Gasteiger partial charge >= 0.3 is 0 Å². The zero-order chi connectivity index (χ0) is 14.0. The zero-order valence-electron chi connectivity index (χ0n) is 10.7. The van der Waals surface area contributed by atoms with E-state index in [2.05, 4.69) is 15.9 Å². The molecule has 0 spiro atoms. The van der Waals surface area contributed by atoms with E-state index in [0.29, 0.717) is 5.56 Å². The van der Waals surface area contributed by atoms with E-state index < -0.39 is 11.9 Å². The minimum atomic E-state index is -0.998. The lowest BCUT2D eigenvalue weighted by Gasteiger charge is -2.14. The van der Waals surface area contributed by atoms with Crippen LogP contribution in [0.2, 0.25) is 0 Å². The van der Waals surface area contributed by atoms with Crippen LogP contribution in [0.4, 0.5) is 4.39 Å². The van der Waals surface area contributed by atoms with Gasteiger partial charge in [0.15, 0.2) is 0 Å². The zero-order valence-corrected chi connectivity index (χ0v) is 12.2. The van der Waals surface area contributed by atoms with E-state index in [-0.39, 0.29) is 5.56 Å². The lowest BCUT2D eigenvalue weighted by Crippen LogP contribution is -2.03. The van der Waals surface area contributed by atoms with Crippen LogP contribution >= 0.6 is 15.9 Å². The number of aliphatic hydroxyl groups excluding tert-OH is 1. The molecule has 1 unspecified atom stereocenters. The third kappa shape index (κ3) is 2.96. The Morgan fingerprint density at radius 2 is 1.95 bits per heavy atom. The van der Waals surface area contributed by atoms with Gasteiger partial charge in [-0.1, -0.05) is 22.0 Å². The molecule has 2 aromatic carbocycles. The van der Waals surface area contributed by atoms with Gasteiger partial charge in [0, 0.05) is 10.0 Å². The first-order valence-electron chi connectivity index (χ1n) is 5.80. The molecule has 0 radical (unpaired) electrons. The maximum Gasteiger partial charge on any atom is 0.129 e. The second-order valence-electron chi connectivity index (χ2n) is 4.30. The molecule has 0 aliphatic carbocycles. The van der Waals surface area contributed by atoms with E-state index in [4.69, 9.17) is 4.74 Å². The average Bonchev–Trinajstić information content (AvgIpc) is 2.40. The predicted molar refractivity (Wildman–Crippen MR) is 75.9 cm³/mol. The molecular weight excluding hydrogens is 311 g/mol. The summed E-state index contributed by atoms with van der Waals surface area (Å²) in [5.41, 5.74) is 1.78. The molecule has 0 aromatic heterocycles. The second kappa shape index (κ2) is 5.72. The van der Waals surface area contributed by atoms with Crippen molar-refractivity contribution < 1.29 is 14.2 Å². The first-order chi connectivity index (χ1) is 9.02. The molecule has 0 aliphatic heterocycles. The van der Waals surface area contributed by atoms with Crippen LogP contribution in [-0.2, 0) is 0 Å². The Bertz CT molecular complexity index is 599. The van der Waals surface area contributed by atoms with Gasteiger partial charge in [0.1, 0.15) is 17.7 Å². The minimum absolute atomic E-state index is 0.249. The number of hydrogen-bond acceptors (Lipinski definition) is 2. The van der Waals surface area contributed by atoms with Crippen LogP contribution in [0.15, 0.2) is 40.9 Å². The summed E-state index contributed by atoms with van der Waals surface area (Å²) in [6.07, 6.45) is -0.998. The molecule has 0 heterocycles. The number of halogens is 2. The SMILES string of the molecule is COc1ccc(C(O)c2cc(Br)ccc2F)cc1C. The van der Waals surface area contributed by atoms with Gasteiger partial charge in [-0.25, -0.2) is 4.39 Å². The van der Waals surface area contributed by atoms with Crippen LogP contribution in [-0.4, -0.2) is 12.2 Å². The second-order valence-corrected chi connectivity index (χ2v) is 5.21. The van der Waals surface area contributed by atoms with Gasteiger partial charge < -0.3 is 9.84 Å². The van der Waals surface area contributed by atoms with Crippen molar-refractivity contribution in [2.45, 2.75) is 13.0 Å². The summed E-state index contributed by atoms with van der Waals surface area (Å²) in [5.74, 6) is 0.315. The van der Waals surface area contributed by atoms with Crippen LogP contribution in [0.25, 0.3) is 0 Å². The Hall–Kier alpha value is -1.39. The van der Waals surface area contributed by atoms with Crippen molar-refractivity contribution in [3.8, 4) is 5.75 Å². The summed E-state index contributed by atoms with van der Waals surface area (Å²) >= 11 is 3.28. The summed E-state index contributed by atoms with van der Waals surface area (Å²) in [6.45, 7) is 1.88. The van der Waals surface area contributed by atoms with Gasteiger partial charge in [-0.2, -0.15) is 0 Å². The molecule has 0 bridgehead atoms. The van der Waals surface area contributed by atoms with E-state index in [9.17, 15) is 9.50 Å². The van der Waals surface area contributed by atoms with E-state index in [1.807, 2.05) is 6.92 Å². The minimum Gasteiger partial charge on any atom is -0.496 e. The van der Waals surface area contributed by atoms with Crippen molar-refractivity contribution in [2.75, 3.05) is 7.11 Å². The Labute approximate surface area is 120 Å². The van der Waals surface area contributed by atoms with Gasteiger partial charge in [0.05, 0.1) is 7.11 Å². The molecule has 2 nitrogen and oxygen atoms in total. The molecule has 100 valence electrons. The fourth-order valence-electron chi connectivity index (χ4n) is 1.98. The van der Waals surface area contributed by atoms with Gasteiger partial charge in [0.2, 0.25) is 0 Å². The topological polar surface area (TPSA) is 29.5 Å². The highest BCUT2D eigenvalue weighted by Gasteiger charge is 2.16. The van der Waals surface area contributed by atoms with Crippen LogP contribution < -0.4 is 4.74 Å². The molecule has 2 rings (SSSR count). The fourth-order valence-corrected chi connectivity index (χ4v) is 2.35. The van der Waals surface area contributed by atoms with Crippen molar-refractivity contribution in [1.82, 2.24) is 0 Å². The number of hydrogen-bond donors (Lipinski definition) is 1.